The van der Waals surface area contributed by atoms with Gasteiger partial charge in [0.25, 0.3) is 5.91 Å². The van der Waals surface area contributed by atoms with Gasteiger partial charge in [-0.1, -0.05) is 31.9 Å². The van der Waals surface area contributed by atoms with Crippen LogP contribution >= 0.6 is 11.3 Å². The maximum atomic E-state index is 13.3. The first-order valence-corrected chi connectivity index (χ1v) is 10.0. The molecule has 1 aliphatic carbocycles. The van der Waals surface area contributed by atoms with E-state index in [-0.39, 0.29) is 30.8 Å². The molecule has 2 atom stereocenters. The number of benzene rings is 1. The third-order valence-corrected chi connectivity index (χ3v) is 5.71. The number of carbonyl (C=O) groups is 2. The molecule has 0 saturated heterocycles. The minimum absolute atomic E-state index is 0.0150. The van der Waals surface area contributed by atoms with E-state index in [0.29, 0.717) is 22.2 Å². The van der Waals surface area contributed by atoms with E-state index in [1.54, 1.807) is 17.5 Å². The van der Waals surface area contributed by atoms with Gasteiger partial charge in [-0.05, 0) is 30.9 Å². The molecule has 0 bridgehead atoms. The van der Waals surface area contributed by atoms with Gasteiger partial charge in [0, 0.05) is 17.0 Å². The standard InChI is InChI=1S/C20H23FN2O3S/c1-13-5-2-3-8-17(13)23-18(24)11-26-19(25)10-16-12-27-20(22-16)14-6-4-7-15(21)9-14/h4,6-7,9,12-13,17H,2-3,5,8,10-11H2,1H3,(H,23,24)/t13-,17-/m1/s1. The van der Waals surface area contributed by atoms with Gasteiger partial charge in [-0.2, -0.15) is 0 Å². The van der Waals surface area contributed by atoms with Gasteiger partial charge in [0.15, 0.2) is 6.61 Å². The van der Waals surface area contributed by atoms with Crippen LogP contribution in [0.1, 0.15) is 38.3 Å². The molecular weight excluding hydrogens is 367 g/mol. The number of nitrogens with one attached hydrogen (secondary N) is 1. The van der Waals surface area contributed by atoms with Crippen molar-refractivity contribution < 1.29 is 18.7 Å². The maximum absolute atomic E-state index is 13.3. The van der Waals surface area contributed by atoms with Gasteiger partial charge >= 0.3 is 5.97 Å². The molecule has 2 aromatic rings. The highest BCUT2D eigenvalue weighted by molar-refractivity contribution is 7.13. The Bertz CT molecular complexity index is 808. The summed E-state index contributed by atoms with van der Waals surface area (Å²) in [5.41, 5.74) is 1.21. The smallest absolute Gasteiger partial charge is 0.312 e. The minimum Gasteiger partial charge on any atom is -0.455 e. The number of halogens is 1. The van der Waals surface area contributed by atoms with Gasteiger partial charge in [-0.25, -0.2) is 9.37 Å². The molecule has 1 saturated carbocycles. The Morgan fingerprint density at radius 2 is 2.15 bits per heavy atom. The lowest BCUT2D eigenvalue weighted by Gasteiger charge is -2.29. The monoisotopic (exact) mass is 390 g/mol. The Balaban J connectivity index is 1.46. The van der Waals surface area contributed by atoms with E-state index >= 15 is 0 Å². The predicted molar refractivity (Wildman–Crippen MR) is 102 cm³/mol. The van der Waals surface area contributed by atoms with Gasteiger partial charge in [-0.3, -0.25) is 9.59 Å². The van der Waals surface area contributed by atoms with Crippen molar-refractivity contribution in [2.45, 2.75) is 45.1 Å². The molecule has 5 nitrogen and oxygen atoms in total. The van der Waals surface area contributed by atoms with E-state index in [9.17, 15) is 14.0 Å². The molecule has 1 aromatic carbocycles. The quantitative estimate of drug-likeness (QED) is 0.763. The van der Waals surface area contributed by atoms with Gasteiger partial charge in [-0.15, -0.1) is 11.3 Å². The number of rotatable bonds is 6. The number of nitrogens with zero attached hydrogens (tertiary/aromatic N) is 1. The second-order valence-corrected chi connectivity index (χ2v) is 7.79. The molecule has 27 heavy (non-hydrogen) atoms. The molecule has 1 fully saturated rings. The zero-order chi connectivity index (χ0) is 19.2. The Labute approximate surface area is 162 Å². The average Bonchev–Trinajstić information content (AvgIpc) is 3.10. The summed E-state index contributed by atoms with van der Waals surface area (Å²) < 4.78 is 18.4. The molecule has 0 aliphatic heterocycles. The van der Waals surface area contributed by atoms with Crippen molar-refractivity contribution in [1.29, 1.82) is 0 Å². The molecule has 1 amide bonds. The van der Waals surface area contributed by atoms with Crippen molar-refractivity contribution in [2.75, 3.05) is 6.61 Å². The van der Waals surface area contributed by atoms with Crippen molar-refractivity contribution in [3.8, 4) is 10.6 Å². The highest BCUT2D eigenvalue weighted by Crippen LogP contribution is 2.25. The summed E-state index contributed by atoms with van der Waals surface area (Å²) in [6.07, 6.45) is 4.39. The zero-order valence-corrected chi connectivity index (χ0v) is 16.1. The van der Waals surface area contributed by atoms with E-state index in [2.05, 4.69) is 17.2 Å². The van der Waals surface area contributed by atoms with Gasteiger partial charge in [0.2, 0.25) is 0 Å². The predicted octanol–water partition coefficient (Wildman–Crippen LogP) is 3.73. The number of amides is 1. The highest BCUT2D eigenvalue weighted by atomic mass is 32.1. The normalized spacial score (nSPS) is 19.5. The fraction of sp³-hybridized carbons (Fsp3) is 0.450. The Hall–Kier alpha value is -2.28. The first-order chi connectivity index (χ1) is 13.0. The molecule has 0 radical (unpaired) electrons. The summed E-state index contributed by atoms with van der Waals surface area (Å²) in [6, 6.07) is 6.32. The van der Waals surface area contributed by atoms with Crippen LogP contribution in [-0.4, -0.2) is 29.5 Å². The third-order valence-electron chi connectivity index (χ3n) is 4.77. The summed E-state index contributed by atoms with van der Waals surface area (Å²) in [7, 11) is 0. The van der Waals surface area contributed by atoms with Crippen molar-refractivity contribution in [3.63, 3.8) is 0 Å². The van der Waals surface area contributed by atoms with Gasteiger partial charge in [0.1, 0.15) is 10.8 Å². The molecule has 1 aliphatic rings. The number of ether oxygens (including phenoxy) is 1. The summed E-state index contributed by atoms with van der Waals surface area (Å²) in [5.74, 6) is -0.643. The number of hydrogen-bond acceptors (Lipinski definition) is 5. The summed E-state index contributed by atoms with van der Waals surface area (Å²) in [4.78, 5) is 28.3. The molecule has 1 aromatic heterocycles. The van der Waals surface area contributed by atoms with E-state index in [1.807, 2.05) is 0 Å². The van der Waals surface area contributed by atoms with Crippen LogP contribution < -0.4 is 5.32 Å². The van der Waals surface area contributed by atoms with Gasteiger partial charge < -0.3 is 10.1 Å². The first kappa shape index (κ1) is 19.5. The lowest BCUT2D eigenvalue weighted by molar-refractivity contribution is -0.148. The minimum atomic E-state index is -0.502. The largest absolute Gasteiger partial charge is 0.455 e. The second kappa shape index (κ2) is 9.08. The fourth-order valence-electron chi connectivity index (χ4n) is 3.27. The molecule has 144 valence electrons. The highest BCUT2D eigenvalue weighted by Gasteiger charge is 2.23. The first-order valence-electron chi connectivity index (χ1n) is 9.16. The molecule has 1 heterocycles. The summed E-state index contributed by atoms with van der Waals surface area (Å²) in [5, 5.41) is 5.33. The van der Waals surface area contributed by atoms with E-state index < -0.39 is 5.97 Å². The van der Waals surface area contributed by atoms with Crippen LogP contribution in [0.4, 0.5) is 4.39 Å². The number of thiazole rings is 1. The Kier molecular flexibility index (Phi) is 6.55. The summed E-state index contributed by atoms with van der Waals surface area (Å²) >= 11 is 1.34. The second-order valence-electron chi connectivity index (χ2n) is 6.93. The molecule has 3 rings (SSSR count). The summed E-state index contributed by atoms with van der Waals surface area (Å²) in [6.45, 7) is 1.86. The fourth-order valence-corrected chi connectivity index (χ4v) is 4.08. The lowest BCUT2D eigenvalue weighted by atomic mass is 9.86. The van der Waals surface area contributed by atoms with Crippen LogP contribution in [0.5, 0.6) is 0 Å². The Morgan fingerprint density at radius 1 is 1.33 bits per heavy atom. The molecule has 7 heteroatoms. The van der Waals surface area contributed by atoms with Crippen LogP contribution in [0.25, 0.3) is 10.6 Å². The zero-order valence-electron chi connectivity index (χ0n) is 15.2. The third kappa shape index (κ3) is 5.60. The van der Waals surface area contributed by atoms with Gasteiger partial charge in [0.05, 0.1) is 12.1 Å². The lowest BCUT2D eigenvalue weighted by Crippen LogP contribution is -2.42. The SMILES string of the molecule is C[C@@H]1CCCC[C@H]1NC(=O)COC(=O)Cc1csc(-c2cccc(F)c2)n1. The van der Waals surface area contributed by atoms with Crippen molar-refractivity contribution >= 4 is 23.2 Å². The van der Waals surface area contributed by atoms with Crippen molar-refractivity contribution in [1.82, 2.24) is 10.3 Å². The van der Waals surface area contributed by atoms with E-state index in [4.69, 9.17) is 4.74 Å². The topological polar surface area (TPSA) is 68.3 Å². The maximum Gasteiger partial charge on any atom is 0.312 e. The average molecular weight is 390 g/mol. The van der Waals surface area contributed by atoms with Crippen LogP contribution in [-0.2, 0) is 20.7 Å². The molecular formula is C20H23FN2O3S. The van der Waals surface area contributed by atoms with Crippen molar-refractivity contribution in [2.24, 2.45) is 5.92 Å². The number of hydrogen-bond donors (Lipinski definition) is 1. The van der Waals surface area contributed by atoms with Crippen LogP contribution in [0.2, 0.25) is 0 Å². The van der Waals surface area contributed by atoms with E-state index in [0.717, 1.165) is 19.3 Å². The molecule has 0 unspecified atom stereocenters. The number of carbonyl (C=O) groups excluding carboxylic acids is 2. The molecule has 1 N–H and O–H groups in total. The number of aromatic nitrogens is 1. The van der Waals surface area contributed by atoms with Crippen molar-refractivity contribution in [3.05, 3.63) is 41.2 Å². The number of esters is 1. The van der Waals surface area contributed by atoms with Crippen LogP contribution in [0.15, 0.2) is 29.6 Å². The molecule has 0 spiro atoms. The van der Waals surface area contributed by atoms with Crippen LogP contribution in [0, 0.1) is 11.7 Å². The Morgan fingerprint density at radius 3 is 2.93 bits per heavy atom. The van der Waals surface area contributed by atoms with Crippen LogP contribution in [0.3, 0.4) is 0 Å². The van der Waals surface area contributed by atoms with E-state index in [1.165, 1.54) is 29.9 Å².